The van der Waals surface area contributed by atoms with Crippen LogP contribution in [0.3, 0.4) is 0 Å². The normalized spacial score (nSPS) is 11.0. The molecule has 3 N–H and O–H groups in total. The number of aryl methyl sites for hydroxylation is 2. The molecule has 0 saturated heterocycles. The molecule has 0 aliphatic carbocycles. The Bertz CT molecular complexity index is 839. The lowest BCUT2D eigenvalue weighted by Gasteiger charge is -2.07. The van der Waals surface area contributed by atoms with Crippen molar-refractivity contribution >= 4 is 47.0 Å². The third-order valence-corrected chi connectivity index (χ3v) is 4.33. The number of benzene rings is 2. The van der Waals surface area contributed by atoms with Crippen LogP contribution in [0.15, 0.2) is 58.9 Å². The van der Waals surface area contributed by atoms with Gasteiger partial charge >= 0.3 is 0 Å². The van der Waals surface area contributed by atoms with Crippen molar-refractivity contribution in [3.63, 3.8) is 0 Å². The van der Waals surface area contributed by atoms with Gasteiger partial charge in [-0.2, -0.15) is 0 Å². The van der Waals surface area contributed by atoms with Crippen molar-refractivity contribution in [3.05, 3.63) is 70.0 Å². The van der Waals surface area contributed by atoms with Gasteiger partial charge in [-0.1, -0.05) is 36.4 Å². The summed E-state index contributed by atoms with van der Waals surface area (Å²) in [5.41, 5.74) is 11.4. The van der Waals surface area contributed by atoms with Crippen LogP contribution in [0.5, 0.6) is 0 Å². The average molecular weight is 464 g/mol. The summed E-state index contributed by atoms with van der Waals surface area (Å²) < 4.78 is 0. The van der Waals surface area contributed by atoms with Gasteiger partial charge in [-0.05, 0) is 37.1 Å². The minimum atomic E-state index is 0. The monoisotopic (exact) mass is 464 g/mol. The number of hydrogen-bond acceptors (Lipinski definition) is 3. The number of aromatic nitrogens is 1. The van der Waals surface area contributed by atoms with Crippen molar-refractivity contribution in [2.24, 2.45) is 10.7 Å². The van der Waals surface area contributed by atoms with Crippen LogP contribution in [-0.4, -0.2) is 10.9 Å². The highest BCUT2D eigenvalue weighted by atomic mass is 127. The smallest absolute Gasteiger partial charge is 0.193 e. The minimum Gasteiger partial charge on any atom is -0.370 e. The second-order valence-electron chi connectivity index (χ2n) is 5.70. The van der Waals surface area contributed by atoms with Gasteiger partial charge in [-0.3, -0.25) is 0 Å². The second-order valence-corrected chi connectivity index (χ2v) is 6.64. The third-order valence-electron chi connectivity index (χ3n) is 3.50. The van der Waals surface area contributed by atoms with Crippen molar-refractivity contribution in [3.8, 4) is 11.3 Å². The topological polar surface area (TPSA) is 63.3 Å². The number of nitrogens with zero attached hydrogens (tertiary/aromatic N) is 2. The van der Waals surface area contributed by atoms with Gasteiger partial charge in [0.2, 0.25) is 0 Å². The Morgan fingerprint density at radius 1 is 1.12 bits per heavy atom. The molecule has 3 rings (SSSR count). The molecule has 6 heteroatoms. The minimum absolute atomic E-state index is 0. The Labute approximate surface area is 169 Å². The molecule has 0 radical (unpaired) electrons. The molecule has 0 aliphatic heterocycles. The van der Waals surface area contributed by atoms with Gasteiger partial charge in [-0.25, -0.2) is 9.98 Å². The molecule has 25 heavy (non-hydrogen) atoms. The number of anilines is 1. The molecule has 130 valence electrons. The highest BCUT2D eigenvalue weighted by Crippen LogP contribution is 2.22. The Kier molecular flexibility index (Phi) is 6.95. The lowest BCUT2D eigenvalue weighted by Crippen LogP contribution is -2.22. The molecule has 4 nitrogen and oxygen atoms in total. The van der Waals surface area contributed by atoms with E-state index in [1.54, 1.807) is 11.3 Å². The van der Waals surface area contributed by atoms with Crippen LogP contribution in [0.4, 0.5) is 5.69 Å². The first-order chi connectivity index (χ1) is 11.6. The summed E-state index contributed by atoms with van der Waals surface area (Å²) in [7, 11) is 0. The largest absolute Gasteiger partial charge is 0.370 e. The van der Waals surface area contributed by atoms with E-state index in [0.29, 0.717) is 12.5 Å². The van der Waals surface area contributed by atoms with Crippen LogP contribution in [0.1, 0.15) is 16.1 Å². The zero-order chi connectivity index (χ0) is 16.9. The van der Waals surface area contributed by atoms with Crippen molar-refractivity contribution in [1.82, 2.24) is 4.98 Å². The second kappa shape index (κ2) is 8.96. The quantitative estimate of drug-likeness (QED) is 0.326. The van der Waals surface area contributed by atoms with Gasteiger partial charge in [0.1, 0.15) is 5.01 Å². The fourth-order valence-corrected chi connectivity index (χ4v) is 3.24. The molecule has 1 heterocycles. The van der Waals surface area contributed by atoms with Crippen LogP contribution in [-0.2, 0) is 6.54 Å². The third kappa shape index (κ3) is 5.54. The zero-order valence-electron chi connectivity index (χ0n) is 14.2. The van der Waals surface area contributed by atoms with Crippen molar-refractivity contribution in [2.75, 3.05) is 5.32 Å². The Morgan fingerprint density at radius 3 is 2.48 bits per heavy atom. The van der Waals surface area contributed by atoms with Crippen LogP contribution in [0.25, 0.3) is 11.3 Å². The number of nitrogens with one attached hydrogen (secondary N) is 1. The molecule has 0 unspecified atom stereocenters. The maximum absolute atomic E-state index is 5.99. The molecule has 2 aromatic carbocycles. The van der Waals surface area contributed by atoms with E-state index in [1.165, 1.54) is 11.1 Å². The number of nitrogens with two attached hydrogens (primary N) is 1. The molecule has 0 atom stereocenters. The standard InChI is InChI=1S/C19H20N4S.HI/c1-13-8-14(2)10-16(9-13)22-19(20)21-11-18-23-17(12-24-18)15-6-4-3-5-7-15;/h3-10,12H,11H2,1-2H3,(H3,20,21,22);1H. The first-order valence-corrected chi connectivity index (χ1v) is 8.63. The summed E-state index contributed by atoms with van der Waals surface area (Å²) in [6.45, 7) is 4.60. The summed E-state index contributed by atoms with van der Waals surface area (Å²) in [6.07, 6.45) is 0. The number of guanidine groups is 1. The van der Waals surface area contributed by atoms with E-state index in [-0.39, 0.29) is 24.0 Å². The molecule has 1 aromatic heterocycles. The fraction of sp³-hybridized carbons (Fsp3) is 0.158. The van der Waals surface area contributed by atoms with E-state index < -0.39 is 0 Å². The molecule has 0 amide bonds. The van der Waals surface area contributed by atoms with Gasteiger partial charge < -0.3 is 11.1 Å². The van der Waals surface area contributed by atoms with E-state index in [1.807, 2.05) is 35.7 Å². The predicted octanol–water partition coefficient (Wildman–Crippen LogP) is 4.97. The zero-order valence-corrected chi connectivity index (χ0v) is 17.3. The van der Waals surface area contributed by atoms with Crippen LogP contribution in [0, 0.1) is 13.8 Å². The maximum Gasteiger partial charge on any atom is 0.193 e. The molecule has 3 aromatic rings. The van der Waals surface area contributed by atoms with Crippen LogP contribution >= 0.6 is 35.3 Å². The van der Waals surface area contributed by atoms with E-state index in [0.717, 1.165) is 22.0 Å². The summed E-state index contributed by atoms with van der Waals surface area (Å²) in [6, 6.07) is 16.4. The lowest BCUT2D eigenvalue weighted by atomic mass is 10.1. The number of hydrogen-bond donors (Lipinski definition) is 2. The molecular weight excluding hydrogens is 443 g/mol. The van der Waals surface area contributed by atoms with Crippen LogP contribution < -0.4 is 11.1 Å². The van der Waals surface area contributed by atoms with Crippen molar-refractivity contribution in [2.45, 2.75) is 20.4 Å². The molecule has 0 aliphatic rings. The average Bonchev–Trinajstić information content (AvgIpc) is 3.02. The van der Waals surface area contributed by atoms with E-state index >= 15 is 0 Å². The number of halogens is 1. The maximum atomic E-state index is 5.99. The summed E-state index contributed by atoms with van der Waals surface area (Å²) >= 11 is 1.60. The highest BCUT2D eigenvalue weighted by molar-refractivity contribution is 14.0. The molecule has 0 fully saturated rings. The van der Waals surface area contributed by atoms with E-state index in [4.69, 9.17) is 5.73 Å². The Hall–Kier alpha value is -1.93. The van der Waals surface area contributed by atoms with Gasteiger partial charge in [0.15, 0.2) is 5.96 Å². The molecular formula is C19H21IN4S. The fourth-order valence-electron chi connectivity index (χ4n) is 2.51. The number of thiazole rings is 1. The van der Waals surface area contributed by atoms with Gasteiger partial charge in [-0.15, -0.1) is 35.3 Å². The lowest BCUT2D eigenvalue weighted by molar-refractivity contribution is 1.03. The van der Waals surface area contributed by atoms with E-state index in [9.17, 15) is 0 Å². The van der Waals surface area contributed by atoms with Crippen molar-refractivity contribution < 1.29 is 0 Å². The van der Waals surface area contributed by atoms with Gasteiger partial charge in [0, 0.05) is 16.6 Å². The molecule has 0 bridgehead atoms. The first kappa shape index (κ1) is 19.4. The van der Waals surface area contributed by atoms with E-state index in [2.05, 4.69) is 47.3 Å². The molecule has 0 spiro atoms. The summed E-state index contributed by atoms with van der Waals surface area (Å²) in [5.74, 6) is 0.400. The Morgan fingerprint density at radius 2 is 1.80 bits per heavy atom. The SMILES string of the molecule is Cc1cc(C)cc(NC(N)=NCc2nc(-c3ccccc3)cs2)c1.I. The summed E-state index contributed by atoms with van der Waals surface area (Å²) in [4.78, 5) is 9.00. The Balaban J connectivity index is 0.00000225. The number of rotatable bonds is 4. The summed E-state index contributed by atoms with van der Waals surface area (Å²) in [5, 5.41) is 6.13. The van der Waals surface area contributed by atoms with Gasteiger partial charge in [0.25, 0.3) is 0 Å². The molecule has 0 saturated carbocycles. The van der Waals surface area contributed by atoms with Gasteiger partial charge in [0.05, 0.1) is 12.2 Å². The van der Waals surface area contributed by atoms with Crippen LogP contribution in [0.2, 0.25) is 0 Å². The van der Waals surface area contributed by atoms with Crippen molar-refractivity contribution in [1.29, 1.82) is 0 Å². The predicted molar refractivity (Wildman–Crippen MR) is 118 cm³/mol. The first-order valence-electron chi connectivity index (χ1n) is 7.75. The number of aliphatic imine (C=N–C) groups is 1. The highest BCUT2D eigenvalue weighted by Gasteiger charge is 2.04.